The second-order valence-electron chi connectivity index (χ2n) is 6.04. The fourth-order valence-corrected chi connectivity index (χ4v) is 3.86. The Morgan fingerprint density at radius 2 is 1.92 bits per heavy atom. The molecule has 1 aliphatic heterocycles. The van der Waals surface area contributed by atoms with Gasteiger partial charge in [-0.1, -0.05) is 6.92 Å². The molecule has 0 saturated carbocycles. The minimum atomic E-state index is -4.47. The Balaban J connectivity index is 2.04. The highest BCUT2D eigenvalue weighted by Crippen LogP contribution is 2.41. The van der Waals surface area contributed by atoms with Crippen molar-refractivity contribution < 1.29 is 18.0 Å². The summed E-state index contributed by atoms with van der Waals surface area (Å²) in [4.78, 5) is 15.0. The van der Waals surface area contributed by atoms with Crippen LogP contribution in [0.5, 0.6) is 0 Å². The molecule has 134 valence electrons. The zero-order valence-electron chi connectivity index (χ0n) is 13.9. The predicted octanol–water partition coefficient (Wildman–Crippen LogP) is 5.11. The third-order valence-corrected chi connectivity index (χ3v) is 5.41. The molecule has 0 N–H and O–H groups in total. The van der Waals surface area contributed by atoms with Crippen LogP contribution in [0.3, 0.4) is 0 Å². The number of hydrogen-bond donors (Lipinski definition) is 0. The highest BCUT2D eigenvalue weighted by molar-refractivity contribution is 8.00. The van der Waals surface area contributed by atoms with Crippen LogP contribution in [0.25, 0.3) is 0 Å². The van der Waals surface area contributed by atoms with Crippen molar-refractivity contribution >= 4 is 23.4 Å². The lowest BCUT2D eigenvalue weighted by atomic mass is 10.1. The first-order valence-electron chi connectivity index (χ1n) is 7.99. The second kappa shape index (κ2) is 7.04. The monoisotopic (exact) mass is 376 g/mol. The molecular weight excluding hydrogens is 361 g/mol. The third kappa shape index (κ3) is 3.70. The molecule has 1 aliphatic rings. The summed E-state index contributed by atoms with van der Waals surface area (Å²) in [6.45, 7) is 2.32. The number of nitrogens with zero attached hydrogens (tertiary/aromatic N) is 2. The lowest BCUT2D eigenvalue weighted by molar-refractivity contribution is -0.137. The summed E-state index contributed by atoms with van der Waals surface area (Å²) in [5.41, 5.74) is 0.265. The van der Waals surface area contributed by atoms with Crippen molar-refractivity contribution in [3.05, 3.63) is 59.2 Å². The van der Waals surface area contributed by atoms with Crippen LogP contribution in [0.1, 0.15) is 34.8 Å². The van der Waals surface area contributed by atoms with Crippen LogP contribution in [-0.4, -0.2) is 17.7 Å². The number of thioether (sulfide) groups is 1. The quantitative estimate of drug-likeness (QED) is 0.695. The number of carbonyl (C=O) groups excluding carboxylic acids is 1. The Kier molecular flexibility index (Phi) is 4.97. The van der Waals surface area contributed by atoms with E-state index >= 15 is 0 Å². The molecule has 0 radical (unpaired) electrons. The number of nitriles is 1. The van der Waals surface area contributed by atoms with E-state index in [2.05, 4.69) is 0 Å². The number of amides is 1. The van der Waals surface area contributed by atoms with Crippen LogP contribution in [0, 0.1) is 11.3 Å². The second-order valence-corrected chi connectivity index (χ2v) is 7.52. The third-order valence-electron chi connectivity index (χ3n) is 4.17. The molecule has 0 saturated heterocycles. The molecule has 0 spiro atoms. The van der Waals surface area contributed by atoms with Gasteiger partial charge in [-0.15, -0.1) is 11.8 Å². The van der Waals surface area contributed by atoms with Crippen molar-refractivity contribution in [1.29, 1.82) is 5.26 Å². The van der Waals surface area contributed by atoms with E-state index in [4.69, 9.17) is 5.26 Å². The summed E-state index contributed by atoms with van der Waals surface area (Å²) in [6.07, 6.45) is -3.80. The molecule has 0 fully saturated rings. The first-order chi connectivity index (χ1) is 12.3. The van der Waals surface area contributed by atoms with Crippen LogP contribution in [-0.2, 0) is 6.18 Å². The van der Waals surface area contributed by atoms with Crippen LogP contribution in [0.4, 0.5) is 18.9 Å². The van der Waals surface area contributed by atoms with E-state index in [0.29, 0.717) is 29.0 Å². The molecule has 1 atom stereocenters. The van der Waals surface area contributed by atoms with E-state index in [1.165, 1.54) is 47.0 Å². The topological polar surface area (TPSA) is 44.1 Å². The van der Waals surface area contributed by atoms with Crippen LogP contribution in [0.2, 0.25) is 0 Å². The van der Waals surface area contributed by atoms with Gasteiger partial charge >= 0.3 is 6.18 Å². The average Bonchev–Trinajstić information content (AvgIpc) is 2.78. The lowest BCUT2D eigenvalue weighted by Crippen LogP contribution is -2.32. The highest BCUT2D eigenvalue weighted by atomic mass is 32.2. The number of benzene rings is 2. The highest BCUT2D eigenvalue weighted by Gasteiger charge is 2.33. The molecule has 2 aromatic carbocycles. The number of fused-ring (bicyclic) bond motifs is 1. The summed E-state index contributed by atoms with van der Waals surface area (Å²) < 4.78 is 39.4. The largest absolute Gasteiger partial charge is 0.416 e. The van der Waals surface area contributed by atoms with Crippen LogP contribution < -0.4 is 4.90 Å². The Labute approximate surface area is 153 Å². The Morgan fingerprint density at radius 3 is 2.54 bits per heavy atom. The smallest absolute Gasteiger partial charge is 0.307 e. The maximum absolute atomic E-state index is 13.1. The minimum absolute atomic E-state index is 0.184. The van der Waals surface area contributed by atoms with Crippen LogP contribution in [0.15, 0.2) is 47.4 Å². The fraction of sp³-hybridized carbons (Fsp3) is 0.263. The van der Waals surface area contributed by atoms with E-state index < -0.39 is 11.7 Å². The molecule has 3 nitrogen and oxygen atoms in total. The van der Waals surface area contributed by atoms with Gasteiger partial charge in [0.1, 0.15) is 0 Å². The summed E-state index contributed by atoms with van der Waals surface area (Å²) >= 11 is 1.47. The maximum atomic E-state index is 13.1. The molecule has 0 bridgehead atoms. The minimum Gasteiger partial charge on any atom is -0.307 e. The summed E-state index contributed by atoms with van der Waals surface area (Å²) in [6, 6.07) is 11.6. The fourth-order valence-electron chi connectivity index (χ4n) is 2.77. The van der Waals surface area contributed by atoms with Gasteiger partial charge in [-0.25, -0.2) is 0 Å². The molecule has 0 aromatic heterocycles. The van der Waals surface area contributed by atoms with Gasteiger partial charge < -0.3 is 4.90 Å². The van der Waals surface area contributed by atoms with Crippen molar-refractivity contribution in [1.82, 2.24) is 0 Å². The number of alkyl halides is 3. The van der Waals surface area contributed by atoms with Gasteiger partial charge in [0.25, 0.3) is 5.91 Å². The molecule has 1 heterocycles. The maximum Gasteiger partial charge on any atom is 0.416 e. The lowest BCUT2D eigenvalue weighted by Gasteiger charge is -2.23. The molecule has 2 aromatic rings. The van der Waals surface area contributed by atoms with E-state index in [0.717, 1.165) is 12.1 Å². The molecule has 3 rings (SSSR count). The Morgan fingerprint density at radius 1 is 1.23 bits per heavy atom. The van der Waals surface area contributed by atoms with Crippen molar-refractivity contribution in [3.63, 3.8) is 0 Å². The predicted molar refractivity (Wildman–Crippen MR) is 94.2 cm³/mol. The summed E-state index contributed by atoms with van der Waals surface area (Å²) in [5, 5.41) is 9.05. The number of anilines is 1. The van der Waals surface area contributed by atoms with Gasteiger partial charge in [0.2, 0.25) is 0 Å². The number of rotatable bonds is 1. The SMILES string of the molecule is CC1CCN(C(=O)c2ccc(C#N)cc2)c2cc(C(F)(F)F)ccc2S1. The van der Waals surface area contributed by atoms with Gasteiger partial charge in [-0.2, -0.15) is 18.4 Å². The molecule has 7 heteroatoms. The molecule has 0 aliphatic carbocycles. The van der Waals surface area contributed by atoms with Gasteiger partial charge in [0.05, 0.1) is 22.9 Å². The zero-order valence-corrected chi connectivity index (χ0v) is 14.7. The van der Waals surface area contributed by atoms with Gasteiger partial charge in [0.15, 0.2) is 0 Å². The van der Waals surface area contributed by atoms with Gasteiger partial charge in [-0.3, -0.25) is 4.79 Å². The molecular formula is C19H15F3N2OS. The van der Waals surface area contributed by atoms with E-state index in [9.17, 15) is 18.0 Å². The summed E-state index contributed by atoms with van der Waals surface area (Å²) in [5.74, 6) is -0.371. The van der Waals surface area contributed by atoms with E-state index in [1.807, 2.05) is 13.0 Å². The van der Waals surface area contributed by atoms with Crippen LogP contribution >= 0.6 is 11.8 Å². The van der Waals surface area contributed by atoms with Crippen molar-refractivity contribution in [3.8, 4) is 6.07 Å². The van der Waals surface area contributed by atoms with Crippen molar-refractivity contribution in [2.24, 2.45) is 0 Å². The first kappa shape index (κ1) is 18.3. The molecule has 1 amide bonds. The van der Waals surface area contributed by atoms with Crippen molar-refractivity contribution in [2.75, 3.05) is 11.4 Å². The van der Waals surface area contributed by atoms with Gasteiger partial charge in [0, 0.05) is 22.3 Å². The van der Waals surface area contributed by atoms with E-state index in [-0.39, 0.29) is 16.8 Å². The first-order valence-corrected chi connectivity index (χ1v) is 8.87. The number of carbonyl (C=O) groups is 1. The molecule has 1 unspecified atom stereocenters. The van der Waals surface area contributed by atoms with Gasteiger partial charge in [-0.05, 0) is 48.9 Å². The molecule has 26 heavy (non-hydrogen) atoms. The van der Waals surface area contributed by atoms with E-state index in [1.54, 1.807) is 0 Å². The summed E-state index contributed by atoms with van der Waals surface area (Å²) in [7, 11) is 0. The standard InChI is InChI=1S/C19H15F3N2OS/c1-12-8-9-24(18(25)14-4-2-13(11-23)3-5-14)16-10-15(19(20,21)22)6-7-17(16)26-12/h2-7,10,12H,8-9H2,1H3. The Bertz CT molecular complexity index is 872. The average molecular weight is 376 g/mol. The Hall–Kier alpha value is -2.46. The number of hydrogen-bond acceptors (Lipinski definition) is 3. The number of halogens is 3. The van der Waals surface area contributed by atoms with Crippen molar-refractivity contribution in [2.45, 2.75) is 29.7 Å². The zero-order chi connectivity index (χ0) is 18.9. The normalized spacial score (nSPS) is 17.2.